The fourth-order valence-electron chi connectivity index (χ4n) is 2.42. The quantitative estimate of drug-likeness (QED) is 0.823. The second-order valence-electron chi connectivity index (χ2n) is 4.74. The predicted molar refractivity (Wildman–Crippen MR) is 72.4 cm³/mol. The number of benzene rings is 1. The molecular weight excluding hydrogens is 234 g/mol. The molecule has 0 heterocycles. The summed E-state index contributed by atoms with van der Waals surface area (Å²) >= 11 is 0. The summed E-state index contributed by atoms with van der Waals surface area (Å²) in [4.78, 5) is 13.8. The van der Waals surface area contributed by atoms with E-state index in [1.165, 1.54) is 5.56 Å². The van der Waals surface area contributed by atoms with Crippen LogP contribution in [0.1, 0.15) is 24.8 Å². The predicted octanol–water partition coefficient (Wildman–Crippen LogP) is 2.91. The summed E-state index contributed by atoms with van der Waals surface area (Å²) in [5.74, 6) is 0.744. The van der Waals surface area contributed by atoms with Crippen molar-refractivity contribution in [2.75, 3.05) is 13.6 Å². The van der Waals surface area contributed by atoms with Crippen LogP contribution >= 0.6 is 12.4 Å². The largest absolute Gasteiger partial charge is 0.301 e. The second-order valence-corrected chi connectivity index (χ2v) is 4.74. The van der Waals surface area contributed by atoms with Crippen LogP contribution in [0.2, 0.25) is 0 Å². The highest BCUT2D eigenvalue weighted by molar-refractivity contribution is 5.85. The van der Waals surface area contributed by atoms with Gasteiger partial charge in [-0.2, -0.15) is 0 Å². The van der Waals surface area contributed by atoms with E-state index in [2.05, 4.69) is 36.2 Å². The molecule has 3 heteroatoms. The third kappa shape index (κ3) is 4.14. The molecule has 0 aliphatic heterocycles. The summed E-state index contributed by atoms with van der Waals surface area (Å²) in [7, 11) is 2.10. The van der Waals surface area contributed by atoms with Crippen molar-refractivity contribution in [1.82, 2.24) is 4.90 Å². The summed E-state index contributed by atoms with van der Waals surface area (Å²) in [6.07, 6.45) is 2.96. The Morgan fingerprint density at radius 3 is 2.59 bits per heavy atom. The average molecular weight is 254 g/mol. The van der Waals surface area contributed by atoms with E-state index in [-0.39, 0.29) is 18.3 Å². The van der Waals surface area contributed by atoms with E-state index in [4.69, 9.17) is 0 Å². The SMILES string of the molecule is CN(Cc1ccccc1)CC1CCCC1=O.Cl. The Balaban J connectivity index is 0.00000144. The molecule has 94 valence electrons. The van der Waals surface area contributed by atoms with Gasteiger partial charge in [-0.1, -0.05) is 30.3 Å². The highest BCUT2D eigenvalue weighted by Gasteiger charge is 2.25. The molecule has 17 heavy (non-hydrogen) atoms. The van der Waals surface area contributed by atoms with Crippen LogP contribution in [0.5, 0.6) is 0 Å². The molecule has 1 saturated carbocycles. The van der Waals surface area contributed by atoms with E-state index in [9.17, 15) is 4.79 Å². The Hall–Kier alpha value is -0.860. The van der Waals surface area contributed by atoms with Gasteiger partial charge in [0.15, 0.2) is 0 Å². The Morgan fingerprint density at radius 1 is 1.29 bits per heavy atom. The van der Waals surface area contributed by atoms with Crippen LogP contribution in [0, 0.1) is 5.92 Å². The maximum atomic E-state index is 11.5. The van der Waals surface area contributed by atoms with Crippen LogP contribution in [0.3, 0.4) is 0 Å². The average Bonchev–Trinajstić information content (AvgIpc) is 2.66. The Bertz CT molecular complexity index is 352. The van der Waals surface area contributed by atoms with E-state index in [1.807, 2.05) is 6.07 Å². The van der Waals surface area contributed by atoms with Crippen LogP contribution in [-0.2, 0) is 11.3 Å². The molecule has 1 unspecified atom stereocenters. The van der Waals surface area contributed by atoms with Crippen molar-refractivity contribution >= 4 is 18.2 Å². The Kier molecular flexibility index (Phi) is 5.66. The number of rotatable bonds is 4. The molecule has 1 atom stereocenters. The zero-order valence-electron chi connectivity index (χ0n) is 10.3. The van der Waals surface area contributed by atoms with Crippen molar-refractivity contribution in [2.45, 2.75) is 25.8 Å². The molecule has 0 N–H and O–H groups in total. The third-order valence-corrected chi connectivity index (χ3v) is 3.26. The molecule has 2 rings (SSSR count). The highest BCUT2D eigenvalue weighted by atomic mass is 35.5. The number of ketones is 1. The molecule has 1 aliphatic carbocycles. The van der Waals surface area contributed by atoms with Gasteiger partial charge < -0.3 is 4.90 Å². The molecule has 0 saturated heterocycles. The van der Waals surface area contributed by atoms with Gasteiger partial charge in [-0.25, -0.2) is 0 Å². The van der Waals surface area contributed by atoms with Crippen LogP contribution in [0.4, 0.5) is 0 Å². The van der Waals surface area contributed by atoms with Crippen molar-refractivity contribution < 1.29 is 4.79 Å². The first-order valence-corrected chi connectivity index (χ1v) is 6.01. The Labute approximate surface area is 109 Å². The molecule has 0 radical (unpaired) electrons. The van der Waals surface area contributed by atoms with Gasteiger partial charge in [0.05, 0.1) is 0 Å². The van der Waals surface area contributed by atoms with E-state index in [1.54, 1.807) is 0 Å². The summed E-state index contributed by atoms with van der Waals surface area (Å²) < 4.78 is 0. The monoisotopic (exact) mass is 253 g/mol. The zero-order valence-corrected chi connectivity index (χ0v) is 11.1. The molecule has 0 bridgehead atoms. The minimum Gasteiger partial charge on any atom is -0.301 e. The van der Waals surface area contributed by atoms with Crippen LogP contribution in [0.15, 0.2) is 30.3 Å². The zero-order chi connectivity index (χ0) is 11.4. The van der Waals surface area contributed by atoms with Gasteiger partial charge in [-0.05, 0) is 25.5 Å². The fourth-order valence-corrected chi connectivity index (χ4v) is 2.42. The van der Waals surface area contributed by atoms with Crippen molar-refractivity contribution in [3.63, 3.8) is 0 Å². The van der Waals surface area contributed by atoms with Gasteiger partial charge in [0.25, 0.3) is 0 Å². The van der Waals surface area contributed by atoms with Crippen LogP contribution in [-0.4, -0.2) is 24.3 Å². The number of hydrogen-bond donors (Lipinski definition) is 0. The van der Waals surface area contributed by atoms with Crippen LogP contribution in [0.25, 0.3) is 0 Å². The minimum atomic E-state index is 0. The number of carbonyl (C=O) groups is 1. The van der Waals surface area contributed by atoms with Gasteiger partial charge in [-0.3, -0.25) is 4.79 Å². The Morgan fingerprint density at radius 2 is 2.00 bits per heavy atom. The summed E-state index contributed by atoms with van der Waals surface area (Å²) in [5, 5.41) is 0. The van der Waals surface area contributed by atoms with Gasteiger partial charge in [0.2, 0.25) is 0 Å². The number of carbonyl (C=O) groups excluding carboxylic acids is 1. The van der Waals surface area contributed by atoms with E-state index >= 15 is 0 Å². The first kappa shape index (κ1) is 14.2. The second kappa shape index (κ2) is 6.77. The topological polar surface area (TPSA) is 20.3 Å². The van der Waals surface area contributed by atoms with E-state index in [0.717, 1.165) is 32.4 Å². The molecule has 1 fully saturated rings. The maximum Gasteiger partial charge on any atom is 0.137 e. The van der Waals surface area contributed by atoms with E-state index < -0.39 is 0 Å². The van der Waals surface area contributed by atoms with Gasteiger partial charge in [-0.15, -0.1) is 12.4 Å². The molecule has 2 nitrogen and oxygen atoms in total. The van der Waals surface area contributed by atoms with Crippen molar-refractivity contribution in [1.29, 1.82) is 0 Å². The summed E-state index contributed by atoms with van der Waals surface area (Å²) in [6, 6.07) is 10.4. The molecular formula is C14H20ClNO. The summed E-state index contributed by atoms with van der Waals surface area (Å²) in [5.41, 5.74) is 1.32. The van der Waals surface area contributed by atoms with Gasteiger partial charge >= 0.3 is 0 Å². The number of Topliss-reactive ketones (excluding diaryl/α,β-unsaturated/α-hetero) is 1. The first-order valence-electron chi connectivity index (χ1n) is 6.01. The molecule has 0 aromatic heterocycles. The lowest BCUT2D eigenvalue weighted by Crippen LogP contribution is -2.27. The molecule has 1 aromatic carbocycles. The molecule has 1 aliphatic rings. The van der Waals surface area contributed by atoms with Crippen molar-refractivity contribution in [2.24, 2.45) is 5.92 Å². The van der Waals surface area contributed by atoms with Gasteiger partial charge in [0.1, 0.15) is 5.78 Å². The lowest BCUT2D eigenvalue weighted by Gasteiger charge is -2.19. The fraction of sp³-hybridized carbons (Fsp3) is 0.500. The number of hydrogen-bond acceptors (Lipinski definition) is 2. The van der Waals surface area contributed by atoms with E-state index in [0.29, 0.717) is 5.78 Å². The third-order valence-electron chi connectivity index (χ3n) is 3.26. The smallest absolute Gasteiger partial charge is 0.137 e. The lowest BCUT2D eigenvalue weighted by atomic mass is 10.1. The maximum absolute atomic E-state index is 11.5. The van der Waals surface area contributed by atoms with Gasteiger partial charge in [0, 0.05) is 25.4 Å². The number of halogens is 1. The normalized spacial score (nSPS) is 19.4. The first-order chi connectivity index (χ1) is 7.75. The molecule has 0 amide bonds. The van der Waals surface area contributed by atoms with Crippen molar-refractivity contribution in [3.05, 3.63) is 35.9 Å². The molecule has 1 aromatic rings. The highest BCUT2D eigenvalue weighted by Crippen LogP contribution is 2.22. The molecule has 0 spiro atoms. The number of nitrogens with zero attached hydrogens (tertiary/aromatic N) is 1. The summed E-state index contributed by atoms with van der Waals surface area (Å²) in [6.45, 7) is 1.85. The standard InChI is InChI=1S/C14H19NO.ClH/c1-15(10-12-6-3-2-4-7-12)11-13-8-5-9-14(13)16;/h2-4,6-7,13H,5,8-11H2,1H3;1H. The lowest BCUT2D eigenvalue weighted by molar-refractivity contribution is -0.121. The minimum absolute atomic E-state index is 0. The van der Waals surface area contributed by atoms with Crippen LogP contribution < -0.4 is 0 Å². The van der Waals surface area contributed by atoms with Crippen molar-refractivity contribution in [3.8, 4) is 0 Å².